The summed E-state index contributed by atoms with van der Waals surface area (Å²) >= 11 is 0. The average molecular weight is 402 g/mol. The molecular formula is C25H26N2O3. The molecule has 0 aliphatic carbocycles. The Balaban J connectivity index is 1.82. The van der Waals surface area contributed by atoms with Gasteiger partial charge in [-0.05, 0) is 48.4 Å². The van der Waals surface area contributed by atoms with E-state index in [0.29, 0.717) is 30.0 Å². The third kappa shape index (κ3) is 5.33. The maximum Gasteiger partial charge on any atom is 0.338 e. The van der Waals surface area contributed by atoms with Crippen molar-refractivity contribution >= 4 is 17.6 Å². The van der Waals surface area contributed by atoms with Gasteiger partial charge in [0.2, 0.25) is 5.91 Å². The smallest absolute Gasteiger partial charge is 0.338 e. The van der Waals surface area contributed by atoms with Crippen LogP contribution in [0.2, 0.25) is 0 Å². The number of hydrogen-bond acceptors (Lipinski definition) is 4. The molecular weight excluding hydrogens is 376 g/mol. The highest BCUT2D eigenvalue weighted by Gasteiger charge is 2.17. The SMILES string of the molecule is CCOC(=O)c1ccc(NC(=O)CC(CN)c2ccccc2)cc1-c1ccccc1. The summed E-state index contributed by atoms with van der Waals surface area (Å²) in [5.74, 6) is -0.572. The summed E-state index contributed by atoms with van der Waals surface area (Å²) < 4.78 is 5.19. The summed E-state index contributed by atoms with van der Waals surface area (Å²) in [6.45, 7) is 2.45. The second-order valence-corrected chi connectivity index (χ2v) is 6.94. The van der Waals surface area contributed by atoms with Crippen molar-refractivity contribution in [2.75, 3.05) is 18.5 Å². The number of carbonyl (C=O) groups excluding carboxylic acids is 2. The van der Waals surface area contributed by atoms with Crippen LogP contribution in [-0.2, 0) is 9.53 Å². The molecule has 0 aromatic heterocycles. The van der Waals surface area contributed by atoms with Crippen molar-refractivity contribution < 1.29 is 14.3 Å². The number of esters is 1. The molecule has 0 heterocycles. The van der Waals surface area contributed by atoms with Crippen LogP contribution in [-0.4, -0.2) is 25.0 Å². The highest BCUT2D eigenvalue weighted by atomic mass is 16.5. The average Bonchev–Trinajstić information content (AvgIpc) is 2.78. The lowest BCUT2D eigenvalue weighted by Crippen LogP contribution is -2.21. The van der Waals surface area contributed by atoms with Gasteiger partial charge in [-0.1, -0.05) is 60.7 Å². The Kier molecular flexibility index (Phi) is 7.35. The van der Waals surface area contributed by atoms with E-state index in [-0.39, 0.29) is 24.2 Å². The van der Waals surface area contributed by atoms with Crippen molar-refractivity contribution in [2.24, 2.45) is 5.73 Å². The minimum Gasteiger partial charge on any atom is -0.462 e. The van der Waals surface area contributed by atoms with Gasteiger partial charge in [0, 0.05) is 18.0 Å². The standard InChI is InChI=1S/C25H26N2O3/c1-2-30-25(29)22-14-13-21(16-23(22)19-11-7-4-8-12-19)27-24(28)15-20(17-26)18-9-5-3-6-10-18/h3-14,16,20H,2,15,17,26H2,1H3,(H,27,28). The molecule has 0 aliphatic rings. The quantitative estimate of drug-likeness (QED) is 0.540. The van der Waals surface area contributed by atoms with Crippen molar-refractivity contribution in [3.63, 3.8) is 0 Å². The van der Waals surface area contributed by atoms with E-state index in [1.54, 1.807) is 25.1 Å². The van der Waals surface area contributed by atoms with E-state index in [4.69, 9.17) is 10.5 Å². The second kappa shape index (κ2) is 10.4. The number of amides is 1. The van der Waals surface area contributed by atoms with Crippen LogP contribution in [0.3, 0.4) is 0 Å². The second-order valence-electron chi connectivity index (χ2n) is 6.94. The van der Waals surface area contributed by atoms with Gasteiger partial charge in [-0.15, -0.1) is 0 Å². The molecule has 0 aliphatic heterocycles. The lowest BCUT2D eigenvalue weighted by atomic mass is 9.95. The number of nitrogens with two attached hydrogens (primary N) is 1. The Hall–Kier alpha value is -3.44. The summed E-state index contributed by atoms with van der Waals surface area (Å²) in [4.78, 5) is 25.1. The van der Waals surface area contributed by atoms with Gasteiger partial charge in [0.15, 0.2) is 0 Å². The molecule has 3 aromatic carbocycles. The summed E-state index contributed by atoms with van der Waals surface area (Å²) in [5.41, 5.74) is 9.61. The van der Waals surface area contributed by atoms with Gasteiger partial charge in [-0.2, -0.15) is 0 Å². The zero-order chi connectivity index (χ0) is 21.3. The summed E-state index contributed by atoms with van der Waals surface area (Å²) in [6, 6.07) is 24.5. The number of carbonyl (C=O) groups is 2. The van der Waals surface area contributed by atoms with Crippen molar-refractivity contribution in [1.29, 1.82) is 0 Å². The van der Waals surface area contributed by atoms with Crippen LogP contribution < -0.4 is 11.1 Å². The third-order valence-electron chi connectivity index (χ3n) is 4.87. The van der Waals surface area contributed by atoms with Crippen molar-refractivity contribution in [2.45, 2.75) is 19.3 Å². The molecule has 5 heteroatoms. The predicted molar refractivity (Wildman–Crippen MR) is 119 cm³/mol. The lowest BCUT2D eigenvalue weighted by molar-refractivity contribution is -0.116. The summed E-state index contributed by atoms with van der Waals surface area (Å²) in [5, 5.41) is 2.94. The number of rotatable bonds is 8. The fourth-order valence-electron chi connectivity index (χ4n) is 3.36. The van der Waals surface area contributed by atoms with Gasteiger partial charge in [0.1, 0.15) is 0 Å². The number of nitrogens with one attached hydrogen (secondary N) is 1. The molecule has 1 amide bonds. The van der Waals surface area contributed by atoms with E-state index in [1.807, 2.05) is 60.7 Å². The largest absolute Gasteiger partial charge is 0.462 e. The van der Waals surface area contributed by atoms with Crippen molar-refractivity contribution in [1.82, 2.24) is 0 Å². The van der Waals surface area contributed by atoms with Crippen LogP contribution in [0.15, 0.2) is 78.9 Å². The van der Waals surface area contributed by atoms with Gasteiger partial charge in [-0.3, -0.25) is 4.79 Å². The fourth-order valence-corrected chi connectivity index (χ4v) is 3.36. The molecule has 3 aromatic rings. The molecule has 0 saturated heterocycles. The Morgan fingerprint density at radius 2 is 1.63 bits per heavy atom. The van der Waals surface area contributed by atoms with Crippen LogP contribution >= 0.6 is 0 Å². The molecule has 1 unspecified atom stereocenters. The van der Waals surface area contributed by atoms with Gasteiger partial charge in [0.25, 0.3) is 0 Å². The van der Waals surface area contributed by atoms with Gasteiger partial charge in [0.05, 0.1) is 12.2 Å². The first-order valence-corrected chi connectivity index (χ1v) is 10.0. The lowest BCUT2D eigenvalue weighted by Gasteiger charge is -2.16. The zero-order valence-corrected chi connectivity index (χ0v) is 17.0. The van der Waals surface area contributed by atoms with Crippen molar-refractivity contribution in [3.05, 3.63) is 90.0 Å². The summed E-state index contributed by atoms with van der Waals surface area (Å²) in [7, 11) is 0. The van der Waals surface area contributed by atoms with Gasteiger partial charge >= 0.3 is 5.97 Å². The fraction of sp³-hybridized carbons (Fsp3) is 0.200. The van der Waals surface area contributed by atoms with E-state index >= 15 is 0 Å². The minimum atomic E-state index is -0.387. The van der Waals surface area contributed by atoms with Crippen LogP contribution in [0.4, 0.5) is 5.69 Å². The van der Waals surface area contributed by atoms with Crippen LogP contribution in [0.25, 0.3) is 11.1 Å². The minimum absolute atomic E-state index is 0.0569. The highest BCUT2D eigenvalue weighted by molar-refractivity contribution is 5.99. The number of hydrogen-bond donors (Lipinski definition) is 2. The molecule has 0 bridgehead atoms. The molecule has 0 fully saturated rings. The maximum absolute atomic E-state index is 12.7. The predicted octanol–water partition coefficient (Wildman–Crippen LogP) is 4.60. The molecule has 30 heavy (non-hydrogen) atoms. The maximum atomic E-state index is 12.7. The zero-order valence-electron chi connectivity index (χ0n) is 17.0. The van der Waals surface area contributed by atoms with Gasteiger partial charge < -0.3 is 15.8 Å². The molecule has 0 spiro atoms. The third-order valence-corrected chi connectivity index (χ3v) is 4.87. The summed E-state index contributed by atoms with van der Waals surface area (Å²) in [6.07, 6.45) is 0.279. The van der Waals surface area contributed by atoms with E-state index in [2.05, 4.69) is 5.32 Å². The Labute approximate surface area is 176 Å². The molecule has 3 N–H and O–H groups in total. The monoisotopic (exact) mass is 402 g/mol. The normalized spacial score (nSPS) is 11.5. The number of ether oxygens (including phenoxy) is 1. The van der Waals surface area contributed by atoms with E-state index in [0.717, 1.165) is 11.1 Å². The van der Waals surface area contributed by atoms with Crippen LogP contribution in [0.5, 0.6) is 0 Å². The van der Waals surface area contributed by atoms with E-state index < -0.39 is 0 Å². The first kappa shape index (κ1) is 21.3. The van der Waals surface area contributed by atoms with Crippen molar-refractivity contribution in [3.8, 4) is 11.1 Å². The topological polar surface area (TPSA) is 81.4 Å². The molecule has 0 saturated carbocycles. The molecule has 5 nitrogen and oxygen atoms in total. The Morgan fingerprint density at radius 3 is 2.27 bits per heavy atom. The molecule has 0 radical (unpaired) electrons. The molecule has 154 valence electrons. The first-order valence-electron chi connectivity index (χ1n) is 10.0. The van der Waals surface area contributed by atoms with Crippen LogP contribution in [0, 0.1) is 0 Å². The Bertz CT molecular complexity index is 988. The number of anilines is 1. The van der Waals surface area contributed by atoms with E-state index in [1.165, 1.54) is 0 Å². The molecule has 3 rings (SSSR count). The highest BCUT2D eigenvalue weighted by Crippen LogP contribution is 2.28. The Morgan fingerprint density at radius 1 is 0.967 bits per heavy atom. The van der Waals surface area contributed by atoms with E-state index in [9.17, 15) is 9.59 Å². The first-order chi connectivity index (χ1) is 14.6. The molecule has 1 atom stereocenters. The van der Waals surface area contributed by atoms with Gasteiger partial charge in [-0.25, -0.2) is 4.79 Å². The number of benzene rings is 3. The van der Waals surface area contributed by atoms with Crippen LogP contribution in [0.1, 0.15) is 35.2 Å².